The van der Waals surface area contributed by atoms with Gasteiger partial charge in [-0.2, -0.15) is 0 Å². The standard InChI is InChI=1S/C30H32FN3O4/c1-16-10-20(31)11-17(2)27(16)38-25-9-8-19(30(3,4)37)12-21(25)23-15-34(5)29(36)22-13-24(33-26(22)23)28(35)32-14-18-6-7-18/h8-13,15,18,33,37H,6-7,14H2,1-5H3,(H,32,35). The summed E-state index contributed by atoms with van der Waals surface area (Å²) in [4.78, 5) is 29.1. The summed E-state index contributed by atoms with van der Waals surface area (Å²) in [5, 5.41) is 14.1. The Bertz CT molecular complexity index is 1600. The zero-order valence-corrected chi connectivity index (χ0v) is 22.2. The van der Waals surface area contributed by atoms with E-state index in [1.807, 2.05) is 6.07 Å². The lowest BCUT2D eigenvalue weighted by atomic mass is 9.93. The Balaban J connectivity index is 1.69. The molecule has 0 atom stereocenters. The monoisotopic (exact) mass is 517 g/mol. The number of hydrogen-bond acceptors (Lipinski definition) is 4. The summed E-state index contributed by atoms with van der Waals surface area (Å²) in [6, 6.07) is 9.75. The average Bonchev–Trinajstić information content (AvgIpc) is 3.57. The van der Waals surface area contributed by atoms with E-state index in [1.54, 1.807) is 59.1 Å². The van der Waals surface area contributed by atoms with Crippen LogP contribution in [0.15, 0.2) is 47.4 Å². The topological polar surface area (TPSA) is 96.3 Å². The molecule has 0 radical (unpaired) electrons. The first kappa shape index (κ1) is 25.7. The first-order chi connectivity index (χ1) is 17.9. The van der Waals surface area contributed by atoms with Crippen LogP contribution < -0.4 is 15.6 Å². The van der Waals surface area contributed by atoms with Gasteiger partial charge in [-0.05, 0) is 93.5 Å². The number of aryl methyl sites for hydroxylation is 3. The SMILES string of the molecule is Cc1cc(F)cc(C)c1Oc1ccc(C(C)(C)O)cc1-c1cn(C)c(=O)c2cc(C(=O)NCC3CC3)[nH]c12. The first-order valence-corrected chi connectivity index (χ1v) is 12.7. The van der Waals surface area contributed by atoms with E-state index in [4.69, 9.17) is 4.74 Å². The number of hydrogen-bond donors (Lipinski definition) is 3. The van der Waals surface area contributed by atoms with Crippen LogP contribution in [0.2, 0.25) is 0 Å². The molecule has 5 rings (SSSR count). The first-order valence-electron chi connectivity index (χ1n) is 12.7. The number of benzene rings is 2. The molecule has 1 amide bonds. The van der Waals surface area contributed by atoms with Crippen molar-refractivity contribution in [2.45, 2.75) is 46.1 Å². The highest BCUT2D eigenvalue weighted by Gasteiger charge is 2.25. The van der Waals surface area contributed by atoms with Gasteiger partial charge in [-0.25, -0.2) is 4.39 Å². The van der Waals surface area contributed by atoms with Crippen LogP contribution in [0.1, 0.15) is 53.9 Å². The van der Waals surface area contributed by atoms with Crippen LogP contribution in [0.25, 0.3) is 22.0 Å². The number of aliphatic hydroxyl groups is 1. The van der Waals surface area contributed by atoms with Gasteiger partial charge in [0, 0.05) is 30.9 Å². The second-order valence-corrected chi connectivity index (χ2v) is 10.8. The van der Waals surface area contributed by atoms with Crippen molar-refractivity contribution in [2.24, 2.45) is 13.0 Å². The Morgan fingerprint density at radius 1 is 1.16 bits per heavy atom. The molecule has 0 spiro atoms. The number of pyridine rings is 1. The molecule has 0 aliphatic heterocycles. The molecular weight excluding hydrogens is 485 g/mol. The molecule has 0 unspecified atom stereocenters. The molecule has 2 aromatic carbocycles. The normalized spacial score (nSPS) is 13.7. The van der Waals surface area contributed by atoms with Crippen LogP contribution in [0, 0.1) is 25.6 Å². The highest BCUT2D eigenvalue weighted by atomic mass is 19.1. The number of fused-ring (bicyclic) bond motifs is 1. The number of nitrogens with zero attached hydrogens (tertiary/aromatic N) is 1. The number of amides is 1. The molecule has 7 nitrogen and oxygen atoms in total. The van der Waals surface area contributed by atoms with Crippen molar-refractivity contribution in [3.05, 3.63) is 81.2 Å². The van der Waals surface area contributed by atoms with Crippen LogP contribution in [-0.4, -0.2) is 27.1 Å². The molecule has 198 valence electrons. The van der Waals surface area contributed by atoms with Crippen molar-refractivity contribution in [2.75, 3.05) is 6.54 Å². The quantitative estimate of drug-likeness (QED) is 0.304. The van der Waals surface area contributed by atoms with E-state index in [0.717, 1.165) is 12.8 Å². The fourth-order valence-corrected chi connectivity index (χ4v) is 4.70. The number of carbonyl (C=O) groups is 1. The van der Waals surface area contributed by atoms with Crippen LogP contribution in [0.3, 0.4) is 0 Å². The Hall–Kier alpha value is -3.91. The van der Waals surface area contributed by atoms with Gasteiger partial charge in [0.1, 0.15) is 23.0 Å². The van der Waals surface area contributed by atoms with Gasteiger partial charge in [-0.3, -0.25) is 9.59 Å². The van der Waals surface area contributed by atoms with Crippen LogP contribution >= 0.6 is 0 Å². The van der Waals surface area contributed by atoms with E-state index in [2.05, 4.69) is 10.3 Å². The van der Waals surface area contributed by atoms with Crippen molar-refractivity contribution in [1.29, 1.82) is 0 Å². The minimum atomic E-state index is -1.14. The third-order valence-corrected chi connectivity index (χ3v) is 7.07. The Morgan fingerprint density at radius 3 is 2.47 bits per heavy atom. The molecule has 0 saturated heterocycles. The van der Waals surface area contributed by atoms with E-state index in [0.29, 0.717) is 68.4 Å². The summed E-state index contributed by atoms with van der Waals surface area (Å²) in [5.41, 5.74) is 2.57. The predicted molar refractivity (Wildman–Crippen MR) is 145 cm³/mol. The number of carbonyl (C=O) groups excluding carboxylic acids is 1. The molecule has 3 N–H and O–H groups in total. The van der Waals surface area contributed by atoms with E-state index in [9.17, 15) is 19.1 Å². The molecule has 1 saturated carbocycles. The Labute approximate surface area is 220 Å². The number of nitrogens with one attached hydrogen (secondary N) is 2. The van der Waals surface area contributed by atoms with E-state index >= 15 is 0 Å². The molecule has 2 aromatic heterocycles. The van der Waals surface area contributed by atoms with E-state index in [-0.39, 0.29) is 17.3 Å². The second-order valence-electron chi connectivity index (χ2n) is 10.8. The summed E-state index contributed by atoms with van der Waals surface area (Å²) in [7, 11) is 1.65. The second kappa shape index (κ2) is 9.44. The molecular formula is C30H32FN3O4. The number of ether oxygens (including phenoxy) is 1. The number of aromatic amines is 1. The lowest BCUT2D eigenvalue weighted by molar-refractivity contribution is 0.0786. The molecule has 1 aliphatic carbocycles. The maximum atomic E-state index is 13.9. The number of H-pyrrole nitrogens is 1. The summed E-state index contributed by atoms with van der Waals surface area (Å²) >= 11 is 0. The zero-order chi connectivity index (χ0) is 27.4. The Morgan fingerprint density at radius 2 is 1.84 bits per heavy atom. The van der Waals surface area contributed by atoms with E-state index < -0.39 is 5.60 Å². The van der Waals surface area contributed by atoms with Crippen molar-refractivity contribution < 1.29 is 19.0 Å². The lowest BCUT2D eigenvalue weighted by Gasteiger charge is -2.22. The van der Waals surface area contributed by atoms with Crippen LogP contribution in [0.5, 0.6) is 11.5 Å². The average molecular weight is 518 g/mol. The summed E-state index contributed by atoms with van der Waals surface area (Å²) in [5.74, 6) is 0.903. The molecule has 8 heteroatoms. The third-order valence-electron chi connectivity index (χ3n) is 7.07. The van der Waals surface area contributed by atoms with E-state index in [1.165, 1.54) is 16.7 Å². The molecule has 38 heavy (non-hydrogen) atoms. The van der Waals surface area contributed by atoms with Gasteiger partial charge in [0.05, 0.1) is 16.5 Å². The van der Waals surface area contributed by atoms with Gasteiger partial charge in [0.2, 0.25) is 0 Å². The minimum absolute atomic E-state index is 0.243. The molecule has 1 fully saturated rings. The minimum Gasteiger partial charge on any atom is -0.456 e. The van der Waals surface area contributed by atoms with Gasteiger partial charge in [-0.1, -0.05) is 6.07 Å². The Kier molecular flexibility index (Phi) is 6.39. The van der Waals surface area contributed by atoms with Gasteiger partial charge >= 0.3 is 0 Å². The maximum Gasteiger partial charge on any atom is 0.267 e. The van der Waals surface area contributed by atoms with Gasteiger partial charge in [0.25, 0.3) is 11.5 Å². The maximum absolute atomic E-state index is 13.9. The predicted octanol–water partition coefficient (Wildman–Crippen LogP) is 5.45. The number of rotatable bonds is 7. The zero-order valence-electron chi connectivity index (χ0n) is 22.2. The smallest absolute Gasteiger partial charge is 0.267 e. The van der Waals surface area contributed by atoms with Crippen LogP contribution in [0.4, 0.5) is 4.39 Å². The van der Waals surface area contributed by atoms with Gasteiger partial charge in [0.15, 0.2) is 0 Å². The lowest BCUT2D eigenvalue weighted by Crippen LogP contribution is -2.25. The van der Waals surface area contributed by atoms with Gasteiger partial charge in [-0.15, -0.1) is 0 Å². The summed E-state index contributed by atoms with van der Waals surface area (Å²) in [6.45, 7) is 7.54. The highest BCUT2D eigenvalue weighted by Crippen LogP contribution is 2.40. The third kappa shape index (κ3) is 4.96. The summed E-state index contributed by atoms with van der Waals surface area (Å²) in [6.07, 6.45) is 3.92. The van der Waals surface area contributed by atoms with Crippen molar-refractivity contribution >= 4 is 16.8 Å². The molecule has 4 aromatic rings. The molecule has 1 aliphatic rings. The molecule has 0 bridgehead atoms. The summed E-state index contributed by atoms with van der Waals surface area (Å²) < 4.78 is 21.8. The number of aromatic nitrogens is 2. The largest absolute Gasteiger partial charge is 0.456 e. The van der Waals surface area contributed by atoms with Crippen LogP contribution in [-0.2, 0) is 12.6 Å². The fourth-order valence-electron chi connectivity index (χ4n) is 4.70. The molecule has 2 heterocycles. The van der Waals surface area contributed by atoms with Crippen molar-refractivity contribution in [3.63, 3.8) is 0 Å². The van der Waals surface area contributed by atoms with Gasteiger partial charge < -0.3 is 24.7 Å². The fraction of sp³-hybridized carbons (Fsp3) is 0.333. The number of halogens is 1. The van der Waals surface area contributed by atoms with Crippen molar-refractivity contribution in [3.8, 4) is 22.6 Å². The highest BCUT2D eigenvalue weighted by molar-refractivity contribution is 6.02. The van der Waals surface area contributed by atoms with Crippen molar-refractivity contribution in [1.82, 2.24) is 14.9 Å².